The highest BCUT2D eigenvalue weighted by atomic mass is 16.5. The number of hydrogen-bond donors (Lipinski definition) is 2. The second-order valence-electron chi connectivity index (χ2n) is 4.01. The molecule has 94 valence electrons. The summed E-state index contributed by atoms with van der Waals surface area (Å²) in [5.41, 5.74) is 7.77. The van der Waals surface area contributed by atoms with Crippen molar-refractivity contribution < 1.29 is 9.53 Å². The number of benzene rings is 1. The van der Waals surface area contributed by atoms with Crippen molar-refractivity contribution in [3.05, 3.63) is 23.8 Å². The number of nitrogens with two attached hydrogens (primary N) is 1. The van der Waals surface area contributed by atoms with E-state index in [0.29, 0.717) is 24.4 Å². The molecule has 1 unspecified atom stereocenters. The molecule has 0 aliphatic carbocycles. The van der Waals surface area contributed by atoms with Crippen LogP contribution in [0.2, 0.25) is 0 Å². The third-order valence-electron chi connectivity index (χ3n) is 2.48. The molecule has 0 bridgehead atoms. The number of ketones is 1. The number of carbonyl (C=O) groups is 1. The van der Waals surface area contributed by atoms with Gasteiger partial charge in [0.2, 0.25) is 0 Å². The Morgan fingerprint density at radius 2 is 2.24 bits per heavy atom. The Kier molecular flexibility index (Phi) is 4.97. The zero-order valence-corrected chi connectivity index (χ0v) is 10.6. The van der Waals surface area contributed by atoms with Gasteiger partial charge in [0, 0.05) is 30.1 Å². The van der Waals surface area contributed by atoms with E-state index in [0.717, 1.165) is 5.69 Å². The molecule has 0 radical (unpaired) electrons. The minimum absolute atomic E-state index is 0.0169. The first-order valence-electron chi connectivity index (χ1n) is 5.80. The van der Waals surface area contributed by atoms with Gasteiger partial charge in [0.1, 0.15) is 0 Å². The highest BCUT2D eigenvalue weighted by molar-refractivity contribution is 5.99. The summed E-state index contributed by atoms with van der Waals surface area (Å²) in [5, 5.41) is 3.22. The summed E-state index contributed by atoms with van der Waals surface area (Å²) in [4.78, 5) is 11.2. The molecule has 4 heteroatoms. The van der Waals surface area contributed by atoms with Gasteiger partial charge in [-0.25, -0.2) is 0 Å². The van der Waals surface area contributed by atoms with Crippen LogP contribution in [0, 0.1) is 0 Å². The molecule has 3 N–H and O–H groups in total. The number of nitrogen functional groups attached to an aromatic ring is 1. The molecule has 0 aliphatic heterocycles. The number of Topliss-reactive ketones (excluding diaryl/α,β-unsaturated/α-hetero) is 1. The first kappa shape index (κ1) is 13.5. The smallest absolute Gasteiger partial charge is 0.161 e. The van der Waals surface area contributed by atoms with Gasteiger partial charge in [0.15, 0.2) is 5.78 Å². The number of carbonyl (C=O) groups excluding carboxylic acids is 1. The van der Waals surface area contributed by atoms with Crippen LogP contribution in [0.15, 0.2) is 18.2 Å². The Morgan fingerprint density at radius 1 is 1.53 bits per heavy atom. The number of anilines is 2. The van der Waals surface area contributed by atoms with E-state index in [-0.39, 0.29) is 11.9 Å². The van der Waals surface area contributed by atoms with E-state index in [1.54, 1.807) is 12.1 Å². The van der Waals surface area contributed by atoms with Gasteiger partial charge in [-0.05, 0) is 39.0 Å². The van der Waals surface area contributed by atoms with Gasteiger partial charge in [-0.2, -0.15) is 0 Å². The molecule has 0 spiro atoms. The lowest BCUT2D eigenvalue weighted by molar-refractivity contribution is 0.0855. The standard InChI is InChI=1S/C13H20N2O2/c1-4-17-9(2)8-15-11-5-6-12(10(3)16)13(14)7-11/h5-7,9,15H,4,8,14H2,1-3H3. The van der Waals surface area contributed by atoms with E-state index in [1.807, 2.05) is 19.9 Å². The average Bonchev–Trinajstić information content (AvgIpc) is 2.26. The molecular formula is C13H20N2O2. The molecule has 1 rings (SSSR count). The third kappa shape index (κ3) is 4.07. The van der Waals surface area contributed by atoms with E-state index >= 15 is 0 Å². The zero-order chi connectivity index (χ0) is 12.8. The Balaban J connectivity index is 2.62. The van der Waals surface area contributed by atoms with Gasteiger partial charge in [-0.15, -0.1) is 0 Å². The minimum atomic E-state index is -0.0169. The molecule has 0 aromatic heterocycles. The quantitative estimate of drug-likeness (QED) is 0.587. The molecule has 0 amide bonds. The van der Waals surface area contributed by atoms with Gasteiger partial charge in [-0.3, -0.25) is 4.79 Å². The van der Waals surface area contributed by atoms with E-state index < -0.39 is 0 Å². The monoisotopic (exact) mass is 236 g/mol. The van der Waals surface area contributed by atoms with Crippen LogP contribution in [-0.4, -0.2) is 25.0 Å². The fourth-order valence-corrected chi connectivity index (χ4v) is 1.60. The maximum absolute atomic E-state index is 11.2. The van der Waals surface area contributed by atoms with Crippen molar-refractivity contribution >= 4 is 17.2 Å². The lowest BCUT2D eigenvalue weighted by Gasteiger charge is -2.14. The molecule has 0 saturated carbocycles. The van der Waals surface area contributed by atoms with Crippen molar-refractivity contribution in [2.24, 2.45) is 0 Å². The zero-order valence-electron chi connectivity index (χ0n) is 10.6. The Hall–Kier alpha value is -1.55. The normalized spacial score (nSPS) is 12.2. The molecule has 1 aromatic rings. The number of nitrogens with one attached hydrogen (secondary N) is 1. The Labute approximate surface area is 102 Å². The van der Waals surface area contributed by atoms with Crippen molar-refractivity contribution in [1.29, 1.82) is 0 Å². The molecule has 4 nitrogen and oxygen atoms in total. The molecule has 0 heterocycles. The average molecular weight is 236 g/mol. The van der Waals surface area contributed by atoms with Crippen LogP contribution in [-0.2, 0) is 4.74 Å². The third-order valence-corrected chi connectivity index (χ3v) is 2.48. The minimum Gasteiger partial charge on any atom is -0.398 e. The maximum atomic E-state index is 11.2. The van der Waals surface area contributed by atoms with Crippen LogP contribution in [0.25, 0.3) is 0 Å². The summed E-state index contributed by atoms with van der Waals surface area (Å²) in [6, 6.07) is 5.37. The summed E-state index contributed by atoms with van der Waals surface area (Å²) in [6.07, 6.45) is 0.147. The summed E-state index contributed by atoms with van der Waals surface area (Å²) in [5.74, 6) is -0.0169. The van der Waals surface area contributed by atoms with Crippen LogP contribution in [0.1, 0.15) is 31.1 Å². The summed E-state index contributed by atoms with van der Waals surface area (Å²) < 4.78 is 5.41. The largest absolute Gasteiger partial charge is 0.398 e. The van der Waals surface area contributed by atoms with E-state index in [2.05, 4.69) is 5.32 Å². The van der Waals surface area contributed by atoms with Crippen molar-refractivity contribution in [2.75, 3.05) is 24.2 Å². The van der Waals surface area contributed by atoms with Crippen molar-refractivity contribution in [2.45, 2.75) is 26.9 Å². The van der Waals surface area contributed by atoms with E-state index in [4.69, 9.17) is 10.5 Å². The summed E-state index contributed by atoms with van der Waals surface area (Å²) >= 11 is 0. The molecule has 0 saturated heterocycles. The predicted molar refractivity (Wildman–Crippen MR) is 70.4 cm³/mol. The second-order valence-corrected chi connectivity index (χ2v) is 4.01. The van der Waals surface area contributed by atoms with Crippen molar-refractivity contribution in [1.82, 2.24) is 0 Å². The highest BCUT2D eigenvalue weighted by Gasteiger charge is 2.06. The molecular weight excluding hydrogens is 216 g/mol. The first-order chi connectivity index (χ1) is 8.04. The van der Waals surface area contributed by atoms with E-state index in [1.165, 1.54) is 6.92 Å². The van der Waals surface area contributed by atoms with Crippen LogP contribution < -0.4 is 11.1 Å². The SMILES string of the molecule is CCOC(C)CNc1ccc(C(C)=O)c(N)c1. The van der Waals surface area contributed by atoms with Crippen LogP contribution in [0.5, 0.6) is 0 Å². The number of ether oxygens (including phenoxy) is 1. The van der Waals surface area contributed by atoms with Gasteiger partial charge in [-0.1, -0.05) is 0 Å². The maximum Gasteiger partial charge on any atom is 0.161 e. The molecule has 1 atom stereocenters. The van der Waals surface area contributed by atoms with Gasteiger partial charge in [0.05, 0.1) is 6.10 Å². The molecule has 0 aliphatic rings. The highest BCUT2D eigenvalue weighted by Crippen LogP contribution is 2.18. The van der Waals surface area contributed by atoms with Gasteiger partial charge < -0.3 is 15.8 Å². The molecule has 1 aromatic carbocycles. The van der Waals surface area contributed by atoms with E-state index in [9.17, 15) is 4.79 Å². The summed E-state index contributed by atoms with van der Waals surface area (Å²) in [6.45, 7) is 6.90. The number of rotatable bonds is 6. The Bertz CT molecular complexity index is 391. The Morgan fingerprint density at radius 3 is 2.76 bits per heavy atom. The van der Waals surface area contributed by atoms with Crippen LogP contribution in [0.4, 0.5) is 11.4 Å². The molecule has 17 heavy (non-hydrogen) atoms. The lowest BCUT2D eigenvalue weighted by Crippen LogP contribution is -2.19. The number of hydrogen-bond acceptors (Lipinski definition) is 4. The second kappa shape index (κ2) is 6.25. The lowest BCUT2D eigenvalue weighted by atomic mass is 10.1. The van der Waals surface area contributed by atoms with Gasteiger partial charge in [0.25, 0.3) is 0 Å². The predicted octanol–water partition coefficient (Wildman–Crippen LogP) is 2.31. The van der Waals surface area contributed by atoms with Crippen molar-refractivity contribution in [3.8, 4) is 0 Å². The fraction of sp³-hybridized carbons (Fsp3) is 0.462. The van der Waals surface area contributed by atoms with Gasteiger partial charge >= 0.3 is 0 Å². The topological polar surface area (TPSA) is 64.3 Å². The first-order valence-corrected chi connectivity index (χ1v) is 5.80. The van der Waals surface area contributed by atoms with Crippen LogP contribution in [0.3, 0.4) is 0 Å². The van der Waals surface area contributed by atoms with Crippen LogP contribution >= 0.6 is 0 Å². The van der Waals surface area contributed by atoms with Crippen molar-refractivity contribution in [3.63, 3.8) is 0 Å². The summed E-state index contributed by atoms with van der Waals surface area (Å²) in [7, 11) is 0. The molecule has 0 fully saturated rings. The fourth-order valence-electron chi connectivity index (χ4n) is 1.60.